The summed E-state index contributed by atoms with van der Waals surface area (Å²) in [6.45, 7) is 5.67. The first kappa shape index (κ1) is 18.0. The Hall–Kier alpha value is -3.03. The first-order chi connectivity index (χ1) is 14.2. The second kappa shape index (κ2) is 7.42. The molecule has 146 valence electrons. The van der Waals surface area contributed by atoms with Crippen molar-refractivity contribution in [3.8, 4) is 22.4 Å². The Morgan fingerprint density at radius 2 is 1.93 bits per heavy atom. The van der Waals surface area contributed by atoms with Crippen molar-refractivity contribution in [2.24, 2.45) is 0 Å². The molecule has 7 nitrogen and oxygen atoms in total. The molecule has 3 aromatic heterocycles. The van der Waals surface area contributed by atoms with Gasteiger partial charge in [-0.3, -0.25) is 4.40 Å². The molecule has 0 bridgehead atoms. The highest BCUT2D eigenvalue weighted by Gasteiger charge is 2.23. The number of benzene rings is 1. The van der Waals surface area contributed by atoms with Gasteiger partial charge in [0.15, 0.2) is 5.65 Å². The van der Waals surface area contributed by atoms with E-state index in [1.807, 2.05) is 22.6 Å². The van der Waals surface area contributed by atoms with Gasteiger partial charge in [-0.2, -0.15) is 0 Å². The molecule has 29 heavy (non-hydrogen) atoms. The molecule has 1 saturated heterocycles. The Kier molecular flexibility index (Phi) is 4.61. The van der Waals surface area contributed by atoms with Gasteiger partial charge in [-0.05, 0) is 24.6 Å². The molecule has 1 fully saturated rings. The van der Waals surface area contributed by atoms with E-state index in [9.17, 15) is 0 Å². The number of hydrogen-bond donors (Lipinski definition) is 1. The monoisotopic (exact) mass is 405 g/mol. The lowest BCUT2D eigenvalue weighted by Crippen LogP contribution is -2.44. The minimum absolute atomic E-state index is 0.435. The molecule has 1 aromatic carbocycles. The summed E-state index contributed by atoms with van der Waals surface area (Å²) in [6.07, 6.45) is 3.44. The average molecular weight is 406 g/mol. The number of pyridine rings is 1. The number of nitrogens with one attached hydrogen (secondary N) is 1. The highest BCUT2D eigenvalue weighted by molar-refractivity contribution is 6.29. The third-order valence-electron chi connectivity index (χ3n) is 5.14. The van der Waals surface area contributed by atoms with Crippen LogP contribution in [0.1, 0.15) is 5.56 Å². The topological polar surface area (TPSA) is 71.2 Å². The number of piperazine rings is 1. The number of hydrogen-bond acceptors (Lipinski definition) is 6. The number of anilines is 1. The summed E-state index contributed by atoms with van der Waals surface area (Å²) in [7, 11) is 0. The number of halogens is 1. The Balaban J connectivity index is 1.82. The van der Waals surface area contributed by atoms with Crippen LogP contribution in [0.3, 0.4) is 0 Å². The molecule has 0 unspecified atom stereocenters. The van der Waals surface area contributed by atoms with Gasteiger partial charge in [0.25, 0.3) is 0 Å². The predicted octanol–water partition coefficient (Wildman–Crippen LogP) is 3.22. The van der Waals surface area contributed by atoms with Crippen LogP contribution in [0.2, 0.25) is 5.15 Å². The van der Waals surface area contributed by atoms with Gasteiger partial charge in [-0.1, -0.05) is 41.4 Å². The molecule has 4 heterocycles. The molecule has 1 N–H and O–H groups in total. The van der Waals surface area contributed by atoms with Crippen molar-refractivity contribution in [3.05, 3.63) is 59.6 Å². The van der Waals surface area contributed by atoms with Crippen molar-refractivity contribution in [1.82, 2.24) is 29.9 Å². The predicted molar refractivity (Wildman–Crippen MR) is 114 cm³/mol. The third kappa shape index (κ3) is 3.32. The van der Waals surface area contributed by atoms with Gasteiger partial charge in [0.2, 0.25) is 5.95 Å². The van der Waals surface area contributed by atoms with Crippen LogP contribution in [0.4, 0.5) is 5.95 Å². The summed E-state index contributed by atoms with van der Waals surface area (Å²) >= 11 is 6.21. The number of nitrogens with zero attached hydrogens (tertiary/aromatic N) is 6. The summed E-state index contributed by atoms with van der Waals surface area (Å²) in [5, 5.41) is 12.5. The largest absolute Gasteiger partial charge is 0.339 e. The highest BCUT2D eigenvalue weighted by atomic mass is 35.5. The summed E-state index contributed by atoms with van der Waals surface area (Å²) in [5.74, 6) is 0.839. The number of aromatic nitrogens is 5. The van der Waals surface area contributed by atoms with Gasteiger partial charge in [0.1, 0.15) is 11.5 Å². The van der Waals surface area contributed by atoms with E-state index in [0.717, 1.165) is 60.2 Å². The number of fused-ring (bicyclic) bond motifs is 1. The molecule has 1 aliphatic rings. The molecule has 0 spiro atoms. The van der Waals surface area contributed by atoms with E-state index in [1.54, 1.807) is 12.5 Å². The van der Waals surface area contributed by atoms with Crippen LogP contribution in [0.25, 0.3) is 28.0 Å². The third-order valence-corrected chi connectivity index (χ3v) is 5.35. The second-order valence-electron chi connectivity index (χ2n) is 7.13. The zero-order chi connectivity index (χ0) is 19.8. The maximum atomic E-state index is 6.21. The molecule has 8 heteroatoms. The van der Waals surface area contributed by atoms with Gasteiger partial charge in [0.05, 0.1) is 11.3 Å². The van der Waals surface area contributed by atoms with E-state index in [4.69, 9.17) is 16.6 Å². The normalized spacial score (nSPS) is 14.5. The summed E-state index contributed by atoms with van der Waals surface area (Å²) in [6, 6.07) is 12.1. The molecular formula is C21H20ClN7. The quantitative estimate of drug-likeness (QED) is 0.528. The minimum atomic E-state index is 0.435. The van der Waals surface area contributed by atoms with Gasteiger partial charge in [-0.25, -0.2) is 9.97 Å². The van der Waals surface area contributed by atoms with Crippen LogP contribution >= 0.6 is 11.6 Å². The summed E-state index contributed by atoms with van der Waals surface area (Å²) < 4.78 is 1.98. The highest BCUT2D eigenvalue weighted by Crippen LogP contribution is 2.36. The van der Waals surface area contributed by atoms with Crippen LogP contribution in [0, 0.1) is 6.92 Å². The van der Waals surface area contributed by atoms with Gasteiger partial charge >= 0.3 is 0 Å². The van der Waals surface area contributed by atoms with Crippen LogP contribution in [-0.4, -0.2) is 50.7 Å². The first-order valence-electron chi connectivity index (χ1n) is 9.59. The van der Waals surface area contributed by atoms with Gasteiger partial charge < -0.3 is 10.2 Å². The summed E-state index contributed by atoms with van der Waals surface area (Å²) in [5.41, 5.74) is 5.67. The Morgan fingerprint density at radius 1 is 1.07 bits per heavy atom. The lowest BCUT2D eigenvalue weighted by Gasteiger charge is -2.29. The Bertz CT molecular complexity index is 1180. The maximum Gasteiger partial charge on any atom is 0.213 e. The molecule has 0 amide bonds. The molecule has 4 aromatic rings. The molecule has 5 rings (SSSR count). The lowest BCUT2D eigenvalue weighted by atomic mass is 9.99. The van der Waals surface area contributed by atoms with Crippen LogP contribution in [0.15, 0.2) is 48.9 Å². The summed E-state index contributed by atoms with van der Waals surface area (Å²) in [4.78, 5) is 11.5. The zero-order valence-corrected chi connectivity index (χ0v) is 16.8. The van der Waals surface area contributed by atoms with Crippen molar-refractivity contribution < 1.29 is 0 Å². The van der Waals surface area contributed by atoms with Crippen LogP contribution in [0.5, 0.6) is 0 Å². The van der Waals surface area contributed by atoms with Crippen molar-refractivity contribution in [3.63, 3.8) is 0 Å². The first-order valence-corrected chi connectivity index (χ1v) is 9.97. The fraction of sp³-hybridized carbons (Fsp3) is 0.238. The fourth-order valence-corrected chi connectivity index (χ4v) is 3.95. The van der Waals surface area contributed by atoms with E-state index in [2.05, 4.69) is 50.5 Å². The smallest absolute Gasteiger partial charge is 0.213 e. The molecule has 0 aliphatic carbocycles. The zero-order valence-electron chi connectivity index (χ0n) is 16.0. The molecule has 0 atom stereocenters. The Morgan fingerprint density at radius 3 is 2.72 bits per heavy atom. The van der Waals surface area contributed by atoms with Crippen molar-refractivity contribution in [2.45, 2.75) is 6.92 Å². The van der Waals surface area contributed by atoms with E-state index < -0.39 is 0 Å². The standard InChI is InChI=1S/C21H20ClN7/c1-14-3-2-4-15(11-14)18-19(16-5-6-24-17(22)12-16)26-21(28-9-7-23-8-10-28)29-13-25-27-20(18)29/h2-6,11-13,23H,7-10H2,1H3. The lowest BCUT2D eigenvalue weighted by molar-refractivity contribution is 0.578. The van der Waals surface area contributed by atoms with Crippen molar-refractivity contribution >= 4 is 23.2 Å². The van der Waals surface area contributed by atoms with Crippen molar-refractivity contribution in [2.75, 3.05) is 31.1 Å². The van der Waals surface area contributed by atoms with E-state index in [0.29, 0.717) is 5.15 Å². The average Bonchev–Trinajstić information content (AvgIpc) is 3.23. The van der Waals surface area contributed by atoms with Crippen LogP contribution in [-0.2, 0) is 0 Å². The van der Waals surface area contributed by atoms with Crippen molar-refractivity contribution in [1.29, 1.82) is 0 Å². The van der Waals surface area contributed by atoms with E-state index in [-0.39, 0.29) is 0 Å². The molecule has 0 radical (unpaired) electrons. The maximum absolute atomic E-state index is 6.21. The Labute approximate surface area is 173 Å². The molecular weight excluding hydrogens is 386 g/mol. The number of aryl methyl sites for hydroxylation is 1. The fourth-order valence-electron chi connectivity index (χ4n) is 3.78. The van der Waals surface area contributed by atoms with Crippen LogP contribution < -0.4 is 10.2 Å². The minimum Gasteiger partial charge on any atom is -0.339 e. The second-order valence-corrected chi connectivity index (χ2v) is 7.52. The van der Waals surface area contributed by atoms with Gasteiger partial charge in [-0.15, -0.1) is 10.2 Å². The van der Waals surface area contributed by atoms with E-state index >= 15 is 0 Å². The molecule has 0 saturated carbocycles. The van der Waals surface area contributed by atoms with E-state index in [1.165, 1.54) is 5.56 Å². The molecule has 1 aliphatic heterocycles. The number of rotatable bonds is 3. The SMILES string of the molecule is Cc1cccc(-c2c(-c3ccnc(Cl)c3)nc(N3CCNCC3)n3cnnc23)c1. The van der Waals surface area contributed by atoms with Gasteiger partial charge in [0, 0.05) is 37.9 Å².